The summed E-state index contributed by atoms with van der Waals surface area (Å²) < 4.78 is 13.5. The molecule has 0 aliphatic carbocycles. The maximum absolute atomic E-state index is 13.2. The smallest absolute Gasteiger partial charge is 0.321 e. The lowest BCUT2D eigenvalue weighted by atomic mass is 10.0. The fourth-order valence-electron chi connectivity index (χ4n) is 1.78. The monoisotopic (exact) mass is 330 g/mol. The van der Waals surface area contributed by atoms with E-state index in [4.69, 9.17) is 5.11 Å². The number of aryl methyl sites for hydroxylation is 1. The molecule has 2 N–H and O–H groups in total. The van der Waals surface area contributed by atoms with E-state index in [1.807, 2.05) is 0 Å². The van der Waals surface area contributed by atoms with E-state index < -0.39 is 17.7 Å². The van der Waals surface area contributed by atoms with Crippen molar-refractivity contribution in [1.29, 1.82) is 0 Å². The number of benzene rings is 1. The number of carboxylic acid groups (broad SMARTS) is 1. The Morgan fingerprint density at radius 2 is 2.11 bits per heavy atom. The summed E-state index contributed by atoms with van der Waals surface area (Å²) in [5, 5.41) is 11.4. The molecule has 1 heterocycles. The fourth-order valence-corrected chi connectivity index (χ4v) is 2.12. The number of nitrogens with one attached hydrogen (secondary N) is 1. The first kappa shape index (κ1) is 13.8. The number of carbonyl (C=O) groups excluding carboxylic acids is 1. The van der Waals surface area contributed by atoms with Gasteiger partial charge in [-0.2, -0.15) is 0 Å². The molecular weight excluding hydrogens is 319 g/mol. The van der Waals surface area contributed by atoms with Crippen LogP contribution in [0.2, 0.25) is 0 Å². The van der Waals surface area contributed by atoms with Gasteiger partial charge in [0, 0.05) is 18.8 Å². The highest BCUT2D eigenvalue weighted by Gasteiger charge is 2.35. The van der Waals surface area contributed by atoms with E-state index in [1.165, 1.54) is 17.0 Å². The van der Waals surface area contributed by atoms with Gasteiger partial charge in [-0.1, -0.05) is 0 Å². The molecule has 0 unspecified atom stereocenters. The summed E-state index contributed by atoms with van der Waals surface area (Å²) in [6.45, 7) is 2.08. The molecule has 2 amide bonds. The third-order valence-corrected chi connectivity index (χ3v) is 3.63. The highest BCUT2D eigenvalue weighted by Crippen LogP contribution is 2.25. The van der Waals surface area contributed by atoms with Crippen LogP contribution in [0.4, 0.5) is 14.9 Å². The number of carboxylic acids is 1. The first-order chi connectivity index (χ1) is 8.88. The number of carbonyl (C=O) groups is 2. The van der Waals surface area contributed by atoms with Gasteiger partial charge in [0.2, 0.25) is 0 Å². The second-order valence-corrected chi connectivity index (χ2v) is 5.31. The van der Waals surface area contributed by atoms with Gasteiger partial charge in [-0.25, -0.2) is 9.18 Å². The standard InChI is InChI=1S/C12H12BrFN2O3/c1-6-2-9(14)8(13)3-10(6)15-12(19)16-4-7(5-16)11(17)18/h2-3,7H,4-5H2,1H3,(H,15,19)(H,17,18). The zero-order valence-electron chi connectivity index (χ0n) is 10.1. The number of rotatable bonds is 2. The predicted octanol–water partition coefficient (Wildman–Crippen LogP) is 2.44. The Morgan fingerprint density at radius 3 is 2.68 bits per heavy atom. The first-order valence-electron chi connectivity index (χ1n) is 5.63. The summed E-state index contributed by atoms with van der Waals surface area (Å²) >= 11 is 3.05. The van der Waals surface area contributed by atoms with E-state index in [0.717, 1.165) is 0 Å². The first-order valence-corrected chi connectivity index (χ1v) is 6.42. The van der Waals surface area contributed by atoms with Crippen molar-refractivity contribution in [2.24, 2.45) is 5.92 Å². The van der Waals surface area contributed by atoms with Gasteiger partial charge in [-0.05, 0) is 40.5 Å². The minimum absolute atomic E-state index is 0.197. The van der Waals surface area contributed by atoms with Crippen LogP contribution in [-0.4, -0.2) is 35.1 Å². The normalized spacial score (nSPS) is 15.0. The SMILES string of the molecule is Cc1cc(F)c(Br)cc1NC(=O)N1CC(C(=O)O)C1. The van der Waals surface area contributed by atoms with Crippen LogP contribution in [-0.2, 0) is 4.79 Å². The van der Waals surface area contributed by atoms with Crippen LogP contribution in [0, 0.1) is 18.7 Å². The molecule has 5 nitrogen and oxygen atoms in total. The topological polar surface area (TPSA) is 69.6 Å². The van der Waals surface area contributed by atoms with E-state index in [-0.39, 0.29) is 23.6 Å². The Kier molecular flexibility index (Phi) is 3.75. The zero-order valence-corrected chi connectivity index (χ0v) is 11.7. The molecule has 0 saturated carbocycles. The van der Waals surface area contributed by atoms with Crippen LogP contribution in [0.3, 0.4) is 0 Å². The van der Waals surface area contributed by atoms with Crippen LogP contribution < -0.4 is 5.32 Å². The molecule has 1 aromatic carbocycles. The maximum atomic E-state index is 13.2. The number of likely N-dealkylation sites (tertiary alicyclic amines) is 1. The molecule has 1 saturated heterocycles. The molecule has 0 spiro atoms. The average Bonchev–Trinajstić information content (AvgIpc) is 2.23. The summed E-state index contributed by atoms with van der Waals surface area (Å²) in [7, 11) is 0. The molecular formula is C12H12BrFN2O3. The minimum Gasteiger partial charge on any atom is -0.481 e. The Morgan fingerprint density at radius 1 is 1.47 bits per heavy atom. The van der Waals surface area contributed by atoms with Crippen molar-refractivity contribution in [3.05, 3.63) is 28.0 Å². The summed E-state index contributed by atoms with van der Waals surface area (Å²) in [5.41, 5.74) is 1.10. The Bertz CT molecular complexity index is 544. The fraction of sp³-hybridized carbons (Fsp3) is 0.333. The number of hydrogen-bond donors (Lipinski definition) is 2. The van der Waals surface area contributed by atoms with Gasteiger partial charge in [0.1, 0.15) is 5.82 Å². The zero-order chi connectivity index (χ0) is 14.2. The number of aliphatic carboxylic acids is 1. The van der Waals surface area contributed by atoms with Crippen molar-refractivity contribution in [2.45, 2.75) is 6.92 Å². The summed E-state index contributed by atoms with van der Waals surface area (Å²) in [6, 6.07) is 2.42. The molecule has 102 valence electrons. The molecule has 1 aromatic rings. The number of hydrogen-bond acceptors (Lipinski definition) is 2. The maximum Gasteiger partial charge on any atom is 0.321 e. The lowest BCUT2D eigenvalue weighted by Gasteiger charge is -2.36. The molecule has 1 fully saturated rings. The van der Waals surface area contributed by atoms with Gasteiger partial charge in [-0.3, -0.25) is 4.79 Å². The van der Waals surface area contributed by atoms with Gasteiger partial charge in [0.15, 0.2) is 0 Å². The minimum atomic E-state index is -0.898. The Hall–Kier alpha value is -1.63. The van der Waals surface area contributed by atoms with Crippen molar-refractivity contribution in [3.8, 4) is 0 Å². The van der Waals surface area contributed by atoms with Crippen molar-refractivity contribution in [3.63, 3.8) is 0 Å². The van der Waals surface area contributed by atoms with Crippen LogP contribution >= 0.6 is 15.9 Å². The predicted molar refractivity (Wildman–Crippen MR) is 70.6 cm³/mol. The number of nitrogens with zero attached hydrogens (tertiary/aromatic N) is 1. The lowest BCUT2D eigenvalue weighted by Crippen LogP contribution is -2.54. The second kappa shape index (κ2) is 5.16. The molecule has 1 aliphatic rings. The summed E-state index contributed by atoms with van der Waals surface area (Å²) in [6.07, 6.45) is 0. The van der Waals surface area contributed by atoms with E-state index in [1.54, 1.807) is 6.92 Å². The Labute approximate surface area is 117 Å². The van der Waals surface area contributed by atoms with Gasteiger partial charge < -0.3 is 15.3 Å². The molecule has 0 radical (unpaired) electrons. The average molecular weight is 331 g/mol. The Balaban J connectivity index is 2.01. The second-order valence-electron chi connectivity index (χ2n) is 4.45. The van der Waals surface area contributed by atoms with E-state index in [2.05, 4.69) is 21.2 Å². The third-order valence-electron chi connectivity index (χ3n) is 3.03. The molecule has 7 heteroatoms. The molecule has 19 heavy (non-hydrogen) atoms. The van der Waals surface area contributed by atoms with Gasteiger partial charge in [-0.15, -0.1) is 0 Å². The van der Waals surface area contributed by atoms with E-state index in [0.29, 0.717) is 11.3 Å². The summed E-state index contributed by atoms with van der Waals surface area (Å²) in [4.78, 5) is 23.9. The molecule has 0 atom stereocenters. The van der Waals surface area contributed by atoms with Gasteiger partial charge in [0.05, 0.1) is 10.4 Å². The number of anilines is 1. The highest BCUT2D eigenvalue weighted by atomic mass is 79.9. The van der Waals surface area contributed by atoms with Gasteiger partial charge in [0.25, 0.3) is 0 Å². The quantitative estimate of drug-likeness (QED) is 0.875. The van der Waals surface area contributed by atoms with E-state index >= 15 is 0 Å². The van der Waals surface area contributed by atoms with Gasteiger partial charge >= 0.3 is 12.0 Å². The van der Waals surface area contributed by atoms with Crippen LogP contribution in [0.5, 0.6) is 0 Å². The summed E-state index contributed by atoms with van der Waals surface area (Å²) in [5.74, 6) is -1.79. The highest BCUT2D eigenvalue weighted by molar-refractivity contribution is 9.10. The van der Waals surface area contributed by atoms with E-state index in [9.17, 15) is 14.0 Å². The van der Waals surface area contributed by atoms with Crippen molar-refractivity contribution >= 4 is 33.6 Å². The number of urea groups is 1. The number of amides is 2. The molecule has 0 bridgehead atoms. The van der Waals surface area contributed by atoms with Crippen LogP contribution in [0.25, 0.3) is 0 Å². The molecule has 0 aromatic heterocycles. The lowest BCUT2D eigenvalue weighted by molar-refractivity contribution is -0.145. The molecule has 2 rings (SSSR count). The van der Waals surface area contributed by atoms with Crippen molar-refractivity contribution in [2.75, 3.05) is 18.4 Å². The largest absolute Gasteiger partial charge is 0.481 e. The van der Waals surface area contributed by atoms with Crippen molar-refractivity contribution in [1.82, 2.24) is 4.90 Å². The molecule has 1 aliphatic heterocycles. The van der Waals surface area contributed by atoms with Crippen molar-refractivity contribution < 1.29 is 19.1 Å². The van der Waals surface area contributed by atoms with Crippen LogP contribution in [0.1, 0.15) is 5.56 Å². The van der Waals surface area contributed by atoms with Crippen LogP contribution in [0.15, 0.2) is 16.6 Å². The number of halogens is 2. The third kappa shape index (κ3) is 2.86.